The number of carbonyl (C=O) groups excluding carboxylic acids is 1. The number of fused-ring (bicyclic) bond motifs is 1. The monoisotopic (exact) mass is 340 g/mol. The zero-order valence-corrected chi connectivity index (χ0v) is 12.6. The van der Waals surface area contributed by atoms with E-state index in [1.54, 1.807) is 12.1 Å². The number of rotatable bonds is 4. The lowest BCUT2D eigenvalue weighted by atomic mass is 10.1. The molecule has 20 heavy (non-hydrogen) atoms. The Balaban J connectivity index is 1.79. The van der Waals surface area contributed by atoms with Gasteiger partial charge in [-0.1, -0.05) is 0 Å². The second kappa shape index (κ2) is 5.61. The van der Waals surface area contributed by atoms with Crippen molar-refractivity contribution < 1.29 is 14.3 Å². The maximum Gasteiger partial charge on any atom is 0.251 e. The van der Waals surface area contributed by atoms with Crippen molar-refractivity contribution in [1.82, 2.24) is 5.32 Å². The summed E-state index contributed by atoms with van der Waals surface area (Å²) in [7, 11) is 0. The molecule has 1 aromatic carbocycles. The first-order valence-electron chi connectivity index (χ1n) is 6.79. The van der Waals surface area contributed by atoms with E-state index in [9.17, 15) is 4.79 Å². The van der Waals surface area contributed by atoms with Crippen molar-refractivity contribution in [2.45, 2.75) is 18.9 Å². The highest BCUT2D eigenvalue weighted by Crippen LogP contribution is 2.38. The smallest absolute Gasteiger partial charge is 0.251 e. The van der Waals surface area contributed by atoms with Crippen LogP contribution in [0.4, 0.5) is 0 Å². The highest BCUT2D eigenvalue weighted by molar-refractivity contribution is 9.10. The van der Waals surface area contributed by atoms with Gasteiger partial charge in [0.25, 0.3) is 5.91 Å². The third-order valence-electron chi connectivity index (χ3n) is 3.62. The average Bonchev–Trinajstić information content (AvgIpc) is 3.29. The Bertz CT molecular complexity index is 531. The molecule has 0 aromatic heterocycles. The number of nitrogens with one attached hydrogen (secondary N) is 1. The molecule has 3 rings (SSSR count). The molecule has 1 unspecified atom stereocenters. The van der Waals surface area contributed by atoms with E-state index in [0.717, 1.165) is 17.3 Å². The molecule has 1 amide bonds. The molecule has 1 heterocycles. The Morgan fingerprint density at radius 2 is 2.15 bits per heavy atom. The summed E-state index contributed by atoms with van der Waals surface area (Å²) >= 11 is 3.42. The molecular weight excluding hydrogens is 324 g/mol. The van der Waals surface area contributed by atoms with E-state index in [1.807, 2.05) is 0 Å². The molecule has 1 aliphatic carbocycles. The van der Waals surface area contributed by atoms with Crippen LogP contribution >= 0.6 is 15.9 Å². The predicted octanol–water partition coefficient (Wildman–Crippen LogP) is 1.69. The van der Waals surface area contributed by atoms with Gasteiger partial charge >= 0.3 is 0 Å². The Kier molecular flexibility index (Phi) is 3.85. The summed E-state index contributed by atoms with van der Waals surface area (Å²) in [6.45, 7) is 1.49. The van der Waals surface area contributed by atoms with Crippen LogP contribution in [-0.2, 0) is 0 Å². The largest absolute Gasteiger partial charge is 0.486 e. The molecule has 2 aliphatic rings. The van der Waals surface area contributed by atoms with Crippen LogP contribution in [0.25, 0.3) is 0 Å². The van der Waals surface area contributed by atoms with Gasteiger partial charge < -0.3 is 20.5 Å². The number of hydrogen-bond acceptors (Lipinski definition) is 4. The fourth-order valence-corrected chi connectivity index (χ4v) is 2.92. The van der Waals surface area contributed by atoms with Gasteiger partial charge in [0.1, 0.15) is 13.2 Å². The SMILES string of the molecule is NCC(NC(=O)c1cc(Br)c2c(c1)OCCO2)C1CC1. The van der Waals surface area contributed by atoms with Crippen molar-refractivity contribution in [2.24, 2.45) is 11.7 Å². The minimum Gasteiger partial charge on any atom is -0.486 e. The van der Waals surface area contributed by atoms with Crippen LogP contribution in [0.15, 0.2) is 16.6 Å². The summed E-state index contributed by atoms with van der Waals surface area (Å²) in [6, 6.07) is 3.53. The number of hydrogen-bond donors (Lipinski definition) is 2. The first-order valence-corrected chi connectivity index (χ1v) is 7.58. The van der Waals surface area contributed by atoms with Gasteiger partial charge in [0.2, 0.25) is 0 Å². The predicted molar refractivity (Wildman–Crippen MR) is 78.2 cm³/mol. The van der Waals surface area contributed by atoms with Crippen LogP contribution in [0.1, 0.15) is 23.2 Å². The van der Waals surface area contributed by atoms with Gasteiger partial charge in [-0.15, -0.1) is 0 Å². The highest BCUT2D eigenvalue weighted by Gasteiger charge is 2.31. The van der Waals surface area contributed by atoms with Crippen molar-refractivity contribution >= 4 is 21.8 Å². The molecule has 108 valence electrons. The summed E-state index contributed by atoms with van der Waals surface area (Å²) < 4.78 is 11.8. The summed E-state index contributed by atoms with van der Waals surface area (Å²) in [5.41, 5.74) is 6.27. The highest BCUT2D eigenvalue weighted by atomic mass is 79.9. The summed E-state index contributed by atoms with van der Waals surface area (Å²) in [6.07, 6.45) is 2.29. The second-order valence-electron chi connectivity index (χ2n) is 5.14. The number of nitrogens with two attached hydrogens (primary N) is 1. The molecule has 0 saturated heterocycles. The van der Waals surface area contributed by atoms with Gasteiger partial charge in [-0.2, -0.15) is 0 Å². The molecule has 0 spiro atoms. The molecule has 3 N–H and O–H groups in total. The van der Waals surface area contributed by atoms with Crippen molar-refractivity contribution in [3.63, 3.8) is 0 Å². The number of carbonyl (C=O) groups is 1. The first-order chi connectivity index (χ1) is 9.69. The molecule has 1 aliphatic heterocycles. The van der Waals surface area contributed by atoms with E-state index >= 15 is 0 Å². The Morgan fingerprint density at radius 3 is 2.85 bits per heavy atom. The van der Waals surface area contributed by atoms with Gasteiger partial charge in [0.15, 0.2) is 11.5 Å². The van der Waals surface area contributed by atoms with Gasteiger partial charge in [0.05, 0.1) is 4.47 Å². The number of benzene rings is 1. The summed E-state index contributed by atoms with van der Waals surface area (Å²) in [5.74, 6) is 1.67. The lowest BCUT2D eigenvalue weighted by molar-refractivity contribution is 0.0932. The standard InChI is InChI=1S/C14H17BrN2O3/c15-10-5-9(6-12-13(10)20-4-3-19-12)14(18)17-11(7-16)8-1-2-8/h5-6,8,11H,1-4,7,16H2,(H,17,18). The van der Waals surface area contributed by atoms with Gasteiger partial charge in [-0.3, -0.25) is 4.79 Å². The zero-order valence-electron chi connectivity index (χ0n) is 11.0. The molecule has 1 fully saturated rings. The lowest BCUT2D eigenvalue weighted by Gasteiger charge is -2.21. The van der Waals surface area contributed by atoms with Crippen molar-refractivity contribution in [3.8, 4) is 11.5 Å². The molecule has 6 heteroatoms. The van der Waals surface area contributed by atoms with E-state index in [1.165, 1.54) is 0 Å². The van der Waals surface area contributed by atoms with E-state index in [4.69, 9.17) is 15.2 Å². The molecule has 0 bridgehead atoms. The first kappa shape index (κ1) is 13.7. The van der Waals surface area contributed by atoms with Crippen LogP contribution in [0, 0.1) is 5.92 Å². The van der Waals surface area contributed by atoms with Crippen LogP contribution in [0.3, 0.4) is 0 Å². The normalized spacial score (nSPS) is 18.5. The van der Waals surface area contributed by atoms with Crippen molar-refractivity contribution in [1.29, 1.82) is 0 Å². The van der Waals surface area contributed by atoms with E-state index in [-0.39, 0.29) is 11.9 Å². The van der Waals surface area contributed by atoms with Crippen molar-refractivity contribution in [2.75, 3.05) is 19.8 Å². The van der Waals surface area contributed by atoms with Crippen LogP contribution in [0.2, 0.25) is 0 Å². The van der Waals surface area contributed by atoms with E-state index < -0.39 is 0 Å². The second-order valence-corrected chi connectivity index (χ2v) is 5.99. The van der Waals surface area contributed by atoms with E-state index in [0.29, 0.717) is 42.7 Å². The lowest BCUT2D eigenvalue weighted by Crippen LogP contribution is -2.41. The van der Waals surface area contributed by atoms with Crippen LogP contribution in [0.5, 0.6) is 11.5 Å². The topological polar surface area (TPSA) is 73.6 Å². The van der Waals surface area contributed by atoms with E-state index in [2.05, 4.69) is 21.2 Å². The Labute approximate surface area is 125 Å². The average molecular weight is 341 g/mol. The third-order valence-corrected chi connectivity index (χ3v) is 4.21. The fourth-order valence-electron chi connectivity index (χ4n) is 2.36. The molecule has 0 radical (unpaired) electrons. The number of ether oxygens (including phenoxy) is 2. The quantitative estimate of drug-likeness (QED) is 0.874. The van der Waals surface area contributed by atoms with Crippen LogP contribution < -0.4 is 20.5 Å². The molecular formula is C14H17BrN2O3. The maximum atomic E-state index is 12.3. The summed E-state index contributed by atoms with van der Waals surface area (Å²) in [4.78, 5) is 12.3. The number of amides is 1. The van der Waals surface area contributed by atoms with Crippen molar-refractivity contribution in [3.05, 3.63) is 22.2 Å². The zero-order chi connectivity index (χ0) is 14.1. The Morgan fingerprint density at radius 1 is 1.40 bits per heavy atom. The molecule has 1 aromatic rings. The minimum atomic E-state index is -0.120. The fraction of sp³-hybridized carbons (Fsp3) is 0.500. The molecule has 5 nitrogen and oxygen atoms in total. The summed E-state index contributed by atoms with van der Waals surface area (Å²) in [5, 5.41) is 3.00. The molecule has 1 atom stereocenters. The van der Waals surface area contributed by atoms with Gasteiger partial charge in [-0.05, 0) is 46.8 Å². The Hall–Kier alpha value is -1.27. The van der Waals surface area contributed by atoms with Gasteiger partial charge in [0, 0.05) is 18.2 Å². The maximum absolute atomic E-state index is 12.3. The van der Waals surface area contributed by atoms with Gasteiger partial charge in [-0.25, -0.2) is 0 Å². The number of halogens is 1. The third kappa shape index (κ3) is 2.76. The molecule has 1 saturated carbocycles. The minimum absolute atomic E-state index is 0.0643. The van der Waals surface area contributed by atoms with Crippen LogP contribution in [-0.4, -0.2) is 31.7 Å².